The molecule has 82 valence electrons. The highest BCUT2D eigenvalue weighted by atomic mass is 16.7. The van der Waals surface area contributed by atoms with Crippen LogP contribution in [0.5, 0.6) is 0 Å². The molecule has 2 unspecified atom stereocenters. The topological polar surface area (TPSA) is 44.5 Å². The molecular weight excluding hydrogens is 177 g/mol. The molecule has 3 nitrogen and oxygen atoms in total. The minimum Gasteiger partial charge on any atom is -0.403 e. The van der Waals surface area contributed by atoms with Crippen molar-refractivity contribution in [2.24, 2.45) is 5.73 Å². The summed E-state index contributed by atoms with van der Waals surface area (Å²) in [5.74, 6) is 0.219. The molecule has 1 saturated heterocycles. The Morgan fingerprint density at radius 1 is 1.00 bits per heavy atom. The fraction of sp³-hybridized carbons (Fsp3) is 1.00. The predicted octanol–water partition coefficient (Wildman–Crippen LogP) is 1.82. The van der Waals surface area contributed by atoms with Crippen molar-refractivity contribution in [1.29, 1.82) is 0 Å². The van der Waals surface area contributed by atoms with Crippen molar-refractivity contribution in [2.45, 2.75) is 64.6 Å². The van der Waals surface area contributed by atoms with E-state index in [1.165, 1.54) is 0 Å². The zero-order valence-corrected chi connectivity index (χ0v) is 10.1. The highest BCUT2D eigenvalue weighted by Crippen LogP contribution is 2.40. The van der Waals surface area contributed by atoms with E-state index in [4.69, 9.17) is 15.0 Å². The molecule has 1 rings (SSSR count). The molecule has 0 aromatic heterocycles. The first-order valence-corrected chi connectivity index (χ1v) is 5.28. The Labute approximate surface area is 87.5 Å². The summed E-state index contributed by atoms with van der Waals surface area (Å²) < 4.78 is 11.8. The molecule has 0 aromatic carbocycles. The van der Waals surface area contributed by atoms with Crippen LogP contribution in [0.1, 0.15) is 41.5 Å². The van der Waals surface area contributed by atoms with Gasteiger partial charge in [-0.3, -0.25) is 0 Å². The fourth-order valence-electron chi connectivity index (χ4n) is 1.35. The summed E-state index contributed by atoms with van der Waals surface area (Å²) in [6, 6.07) is 0.0877. The second-order valence-electron chi connectivity index (χ2n) is 5.34. The number of hydrogen-bond donors (Lipinski definition) is 1. The molecule has 2 atom stereocenters. The predicted molar refractivity (Wildman–Crippen MR) is 59.2 cm³/mol. The smallest absolute Gasteiger partial charge is 0.403 e. The molecule has 0 aromatic rings. The lowest BCUT2D eigenvalue weighted by Gasteiger charge is -2.32. The first kappa shape index (κ1) is 12.0. The van der Waals surface area contributed by atoms with E-state index in [9.17, 15) is 0 Å². The normalized spacial score (nSPS) is 28.9. The van der Waals surface area contributed by atoms with Crippen molar-refractivity contribution in [3.63, 3.8) is 0 Å². The lowest BCUT2D eigenvalue weighted by atomic mass is 9.69. The Hall–Kier alpha value is -0.0551. The van der Waals surface area contributed by atoms with Gasteiger partial charge in [-0.1, -0.05) is 13.8 Å². The highest BCUT2D eigenvalue weighted by Gasteiger charge is 2.53. The van der Waals surface area contributed by atoms with E-state index in [0.29, 0.717) is 0 Å². The van der Waals surface area contributed by atoms with E-state index < -0.39 is 0 Å². The molecule has 0 spiro atoms. The molecule has 0 radical (unpaired) electrons. The van der Waals surface area contributed by atoms with E-state index in [2.05, 4.69) is 34.6 Å². The third kappa shape index (κ3) is 1.97. The summed E-state index contributed by atoms with van der Waals surface area (Å²) in [4.78, 5) is 0. The zero-order chi connectivity index (χ0) is 11.1. The standard InChI is InChI=1S/C10H22BNO2/c1-7(8(2)12)11-13-9(3,4)10(5,6)14-11/h7-8H,12H2,1-6H3. The molecule has 1 aliphatic heterocycles. The Balaban J connectivity index is 2.73. The molecule has 2 N–H and O–H groups in total. The molecule has 0 saturated carbocycles. The SMILES string of the molecule is CC(N)C(C)B1OC(C)(C)C(C)(C)O1. The summed E-state index contributed by atoms with van der Waals surface area (Å²) in [5.41, 5.74) is 5.33. The van der Waals surface area contributed by atoms with Gasteiger partial charge in [0.05, 0.1) is 11.2 Å². The molecule has 1 heterocycles. The van der Waals surface area contributed by atoms with Crippen molar-refractivity contribution >= 4 is 7.12 Å². The van der Waals surface area contributed by atoms with Crippen LogP contribution in [-0.4, -0.2) is 24.4 Å². The van der Waals surface area contributed by atoms with Crippen LogP contribution >= 0.6 is 0 Å². The molecular formula is C10H22BNO2. The van der Waals surface area contributed by atoms with Gasteiger partial charge >= 0.3 is 7.12 Å². The maximum absolute atomic E-state index is 5.88. The lowest BCUT2D eigenvalue weighted by molar-refractivity contribution is 0.00578. The molecule has 1 fully saturated rings. The van der Waals surface area contributed by atoms with Crippen LogP contribution in [0.25, 0.3) is 0 Å². The van der Waals surface area contributed by atoms with Gasteiger partial charge in [0, 0.05) is 11.9 Å². The number of nitrogens with two attached hydrogens (primary N) is 1. The minimum absolute atomic E-state index is 0.0877. The second-order valence-corrected chi connectivity index (χ2v) is 5.34. The van der Waals surface area contributed by atoms with Gasteiger partial charge in [0.15, 0.2) is 0 Å². The third-order valence-corrected chi connectivity index (χ3v) is 3.53. The quantitative estimate of drug-likeness (QED) is 0.690. The average Bonchev–Trinajstić information content (AvgIpc) is 2.20. The van der Waals surface area contributed by atoms with Gasteiger partial charge in [-0.2, -0.15) is 0 Å². The van der Waals surface area contributed by atoms with Gasteiger partial charge in [-0.05, 0) is 27.7 Å². The molecule has 0 aliphatic carbocycles. The summed E-state index contributed by atoms with van der Waals surface area (Å²) in [5, 5.41) is 0. The molecule has 14 heavy (non-hydrogen) atoms. The van der Waals surface area contributed by atoms with Crippen molar-refractivity contribution in [3.8, 4) is 0 Å². The number of hydrogen-bond acceptors (Lipinski definition) is 3. The van der Waals surface area contributed by atoms with Crippen molar-refractivity contribution in [2.75, 3.05) is 0 Å². The van der Waals surface area contributed by atoms with Crippen molar-refractivity contribution < 1.29 is 9.31 Å². The van der Waals surface area contributed by atoms with Crippen LogP contribution in [0.15, 0.2) is 0 Å². The molecule has 4 heteroatoms. The van der Waals surface area contributed by atoms with Crippen LogP contribution in [0.4, 0.5) is 0 Å². The Kier molecular flexibility index (Phi) is 3.01. The van der Waals surface area contributed by atoms with Crippen LogP contribution < -0.4 is 5.73 Å². The maximum Gasteiger partial charge on any atom is 0.462 e. The molecule has 0 bridgehead atoms. The van der Waals surface area contributed by atoms with E-state index in [0.717, 1.165) is 0 Å². The second kappa shape index (κ2) is 3.51. The highest BCUT2D eigenvalue weighted by molar-refractivity contribution is 6.47. The van der Waals surface area contributed by atoms with Gasteiger partial charge in [-0.25, -0.2) is 0 Å². The van der Waals surface area contributed by atoms with Crippen molar-refractivity contribution in [3.05, 3.63) is 0 Å². The minimum atomic E-state index is -0.249. The number of rotatable bonds is 2. The van der Waals surface area contributed by atoms with Gasteiger partial charge in [0.2, 0.25) is 0 Å². The largest absolute Gasteiger partial charge is 0.462 e. The van der Waals surface area contributed by atoms with Gasteiger partial charge in [0.1, 0.15) is 0 Å². The van der Waals surface area contributed by atoms with E-state index in [1.807, 2.05) is 6.92 Å². The van der Waals surface area contributed by atoms with E-state index >= 15 is 0 Å². The molecule has 0 amide bonds. The van der Waals surface area contributed by atoms with Gasteiger partial charge in [-0.15, -0.1) is 0 Å². The van der Waals surface area contributed by atoms with Crippen molar-refractivity contribution in [1.82, 2.24) is 0 Å². The average molecular weight is 199 g/mol. The monoisotopic (exact) mass is 199 g/mol. The van der Waals surface area contributed by atoms with Crippen LogP contribution in [-0.2, 0) is 9.31 Å². The van der Waals surface area contributed by atoms with Gasteiger partial charge < -0.3 is 15.0 Å². The first-order valence-electron chi connectivity index (χ1n) is 5.28. The third-order valence-electron chi connectivity index (χ3n) is 3.53. The van der Waals surface area contributed by atoms with E-state index in [1.54, 1.807) is 0 Å². The summed E-state index contributed by atoms with van der Waals surface area (Å²) in [6.45, 7) is 12.3. The first-order chi connectivity index (χ1) is 6.17. The van der Waals surface area contributed by atoms with Gasteiger partial charge in [0.25, 0.3) is 0 Å². The molecule has 1 aliphatic rings. The Morgan fingerprint density at radius 3 is 1.64 bits per heavy atom. The fourth-order valence-corrected chi connectivity index (χ4v) is 1.35. The van der Waals surface area contributed by atoms with Crippen LogP contribution in [0.2, 0.25) is 5.82 Å². The van der Waals surface area contributed by atoms with Crippen LogP contribution in [0.3, 0.4) is 0 Å². The Morgan fingerprint density at radius 2 is 1.36 bits per heavy atom. The van der Waals surface area contributed by atoms with Crippen LogP contribution in [0, 0.1) is 0 Å². The Bertz CT molecular complexity index is 200. The van der Waals surface area contributed by atoms with E-state index in [-0.39, 0.29) is 30.2 Å². The lowest BCUT2D eigenvalue weighted by Crippen LogP contribution is -2.41. The zero-order valence-electron chi connectivity index (χ0n) is 10.1. The summed E-state index contributed by atoms with van der Waals surface area (Å²) in [6.07, 6.45) is 0. The summed E-state index contributed by atoms with van der Waals surface area (Å²) in [7, 11) is -0.181. The summed E-state index contributed by atoms with van der Waals surface area (Å²) >= 11 is 0. The maximum atomic E-state index is 5.88.